The molecule has 0 spiro atoms. The van der Waals surface area contributed by atoms with Gasteiger partial charge in [-0.25, -0.2) is 0 Å². The van der Waals surface area contributed by atoms with Gasteiger partial charge in [-0.2, -0.15) is 5.10 Å². The topological polar surface area (TPSA) is 104 Å². The van der Waals surface area contributed by atoms with Crippen LogP contribution in [-0.2, 0) is 0 Å². The third-order valence-corrected chi connectivity index (χ3v) is 3.79. The molecule has 2 atom stereocenters. The summed E-state index contributed by atoms with van der Waals surface area (Å²) in [6, 6.07) is 0. The zero-order chi connectivity index (χ0) is 13.1. The van der Waals surface area contributed by atoms with Crippen LogP contribution in [-0.4, -0.2) is 34.4 Å². The first-order valence-corrected chi connectivity index (χ1v) is 6.33. The molecule has 1 fully saturated rings. The third kappa shape index (κ3) is 2.48. The number of aromatic nitrogens is 2. The normalized spacial score (nSPS) is 23.2. The maximum Gasteiger partial charge on any atom is 0.273 e. The lowest BCUT2D eigenvalue weighted by atomic mass is 9.97. The van der Waals surface area contributed by atoms with Gasteiger partial charge in [0.2, 0.25) is 0 Å². The lowest BCUT2D eigenvalue weighted by Crippen LogP contribution is -2.32. The van der Waals surface area contributed by atoms with Gasteiger partial charge in [0.05, 0.1) is 11.4 Å². The number of amides is 1. The van der Waals surface area contributed by atoms with Gasteiger partial charge in [-0.15, -0.1) is 0 Å². The SMILES string of the molecule is Cc1[nH]nc(C(=O)NCC2CCCC2CO)c1N. The number of nitrogens with zero attached hydrogens (tertiary/aromatic N) is 1. The second-order valence-corrected chi connectivity index (χ2v) is 4.95. The van der Waals surface area contributed by atoms with Crippen LogP contribution in [0.25, 0.3) is 0 Å². The Labute approximate surface area is 106 Å². The van der Waals surface area contributed by atoms with Crippen molar-refractivity contribution in [2.45, 2.75) is 26.2 Å². The van der Waals surface area contributed by atoms with Crippen LogP contribution < -0.4 is 11.1 Å². The Morgan fingerprint density at radius 2 is 2.28 bits per heavy atom. The number of nitrogen functional groups attached to an aromatic ring is 1. The molecule has 0 saturated heterocycles. The number of H-pyrrole nitrogens is 1. The molecular weight excluding hydrogens is 232 g/mol. The molecular formula is C12H20N4O2. The van der Waals surface area contributed by atoms with Crippen LogP contribution in [0.5, 0.6) is 0 Å². The minimum Gasteiger partial charge on any atom is -0.396 e. The highest BCUT2D eigenvalue weighted by Gasteiger charge is 2.27. The molecule has 0 aromatic carbocycles. The zero-order valence-corrected chi connectivity index (χ0v) is 10.6. The fraction of sp³-hybridized carbons (Fsp3) is 0.667. The molecule has 1 aromatic heterocycles. The number of aliphatic hydroxyl groups excluding tert-OH is 1. The van der Waals surface area contributed by atoms with E-state index in [2.05, 4.69) is 15.5 Å². The van der Waals surface area contributed by atoms with E-state index < -0.39 is 0 Å². The van der Waals surface area contributed by atoms with Crippen molar-refractivity contribution in [3.8, 4) is 0 Å². The number of carbonyl (C=O) groups is 1. The molecule has 0 bridgehead atoms. The van der Waals surface area contributed by atoms with Crippen LogP contribution in [0.4, 0.5) is 5.69 Å². The molecule has 1 aliphatic rings. The summed E-state index contributed by atoms with van der Waals surface area (Å²) < 4.78 is 0. The van der Waals surface area contributed by atoms with Crippen molar-refractivity contribution in [2.75, 3.05) is 18.9 Å². The van der Waals surface area contributed by atoms with E-state index in [1.807, 2.05) is 0 Å². The lowest BCUT2D eigenvalue weighted by molar-refractivity contribution is 0.0933. The van der Waals surface area contributed by atoms with E-state index in [-0.39, 0.29) is 18.2 Å². The molecule has 2 unspecified atom stereocenters. The first kappa shape index (κ1) is 12.9. The van der Waals surface area contributed by atoms with Crippen molar-refractivity contribution in [3.63, 3.8) is 0 Å². The average molecular weight is 252 g/mol. The number of aryl methyl sites for hydroxylation is 1. The number of hydrogen-bond acceptors (Lipinski definition) is 4. The largest absolute Gasteiger partial charge is 0.396 e. The number of rotatable bonds is 4. The fourth-order valence-electron chi connectivity index (χ4n) is 2.54. The van der Waals surface area contributed by atoms with Gasteiger partial charge in [-0.1, -0.05) is 6.42 Å². The van der Waals surface area contributed by atoms with E-state index in [1.54, 1.807) is 6.92 Å². The molecule has 0 radical (unpaired) electrons. The van der Waals surface area contributed by atoms with Gasteiger partial charge < -0.3 is 16.2 Å². The minimum absolute atomic E-state index is 0.199. The van der Waals surface area contributed by atoms with Gasteiger partial charge in [0, 0.05) is 13.2 Å². The van der Waals surface area contributed by atoms with Gasteiger partial charge in [-0.3, -0.25) is 9.89 Å². The summed E-state index contributed by atoms with van der Waals surface area (Å²) in [6.07, 6.45) is 3.22. The molecule has 1 saturated carbocycles. The van der Waals surface area contributed by atoms with Crippen LogP contribution in [0.15, 0.2) is 0 Å². The van der Waals surface area contributed by atoms with Crippen molar-refractivity contribution in [3.05, 3.63) is 11.4 Å². The Morgan fingerprint density at radius 3 is 2.89 bits per heavy atom. The molecule has 1 aromatic rings. The summed E-state index contributed by atoms with van der Waals surface area (Å²) in [6.45, 7) is 2.55. The van der Waals surface area contributed by atoms with Crippen LogP contribution in [0.2, 0.25) is 0 Å². The number of anilines is 1. The van der Waals surface area contributed by atoms with E-state index in [9.17, 15) is 9.90 Å². The quantitative estimate of drug-likeness (QED) is 0.624. The first-order valence-electron chi connectivity index (χ1n) is 6.33. The first-order chi connectivity index (χ1) is 8.63. The highest BCUT2D eigenvalue weighted by molar-refractivity contribution is 5.97. The van der Waals surface area contributed by atoms with Crippen molar-refractivity contribution >= 4 is 11.6 Å². The maximum atomic E-state index is 11.9. The Morgan fingerprint density at radius 1 is 1.56 bits per heavy atom. The smallest absolute Gasteiger partial charge is 0.273 e. The fourth-order valence-corrected chi connectivity index (χ4v) is 2.54. The predicted molar refractivity (Wildman–Crippen MR) is 68.0 cm³/mol. The molecule has 100 valence electrons. The standard InChI is InChI=1S/C12H20N4O2/c1-7-10(13)11(16-15-7)12(18)14-5-8-3-2-4-9(8)6-17/h8-9,17H,2-6,13H2,1H3,(H,14,18)(H,15,16). The summed E-state index contributed by atoms with van der Waals surface area (Å²) in [5, 5.41) is 18.6. The van der Waals surface area contributed by atoms with E-state index in [0.29, 0.717) is 29.8 Å². The number of aliphatic hydroxyl groups is 1. The zero-order valence-electron chi connectivity index (χ0n) is 10.6. The molecule has 5 N–H and O–H groups in total. The predicted octanol–water partition coefficient (Wildman–Crippen LogP) is 0.439. The molecule has 1 aliphatic carbocycles. The highest BCUT2D eigenvalue weighted by Crippen LogP contribution is 2.30. The monoisotopic (exact) mass is 252 g/mol. The van der Waals surface area contributed by atoms with Crippen LogP contribution in [0.3, 0.4) is 0 Å². The van der Waals surface area contributed by atoms with E-state index in [0.717, 1.165) is 19.3 Å². The van der Waals surface area contributed by atoms with E-state index >= 15 is 0 Å². The lowest BCUT2D eigenvalue weighted by Gasteiger charge is -2.17. The molecule has 1 amide bonds. The number of hydrogen-bond donors (Lipinski definition) is 4. The second-order valence-electron chi connectivity index (χ2n) is 4.95. The summed E-state index contributed by atoms with van der Waals surface area (Å²) >= 11 is 0. The average Bonchev–Trinajstić information content (AvgIpc) is 2.94. The van der Waals surface area contributed by atoms with Crippen molar-refractivity contribution < 1.29 is 9.90 Å². The molecule has 6 heteroatoms. The third-order valence-electron chi connectivity index (χ3n) is 3.79. The summed E-state index contributed by atoms with van der Waals surface area (Å²) in [7, 11) is 0. The van der Waals surface area contributed by atoms with Gasteiger partial charge in [0.1, 0.15) is 0 Å². The van der Waals surface area contributed by atoms with Crippen LogP contribution in [0.1, 0.15) is 35.4 Å². The van der Waals surface area contributed by atoms with Crippen molar-refractivity contribution in [2.24, 2.45) is 11.8 Å². The van der Waals surface area contributed by atoms with Gasteiger partial charge in [-0.05, 0) is 31.6 Å². The summed E-state index contributed by atoms with van der Waals surface area (Å²) in [5.74, 6) is 0.421. The van der Waals surface area contributed by atoms with E-state index in [1.165, 1.54) is 0 Å². The van der Waals surface area contributed by atoms with E-state index in [4.69, 9.17) is 5.73 Å². The van der Waals surface area contributed by atoms with Crippen LogP contribution >= 0.6 is 0 Å². The molecule has 0 aliphatic heterocycles. The molecule has 6 nitrogen and oxygen atoms in total. The van der Waals surface area contributed by atoms with Gasteiger partial charge in [0.25, 0.3) is 5.91 Å². The van der Waals surface area contributed by atoms with Crippen LogP contribution in [0, 0.1) is 18.8 Å². The summed E-state index contributed by atoms with van der Waals surface area (Å²) in [5.41, 5.74) is 7.11. The Kier molecular flexibility index (Phi) is 3.86. The number of carbonyl (C=O) groups excluding carboxylic acids is 1. The second kappa shape index (κ2) is 5.39. The van der Waals surface area contributed by atoms with Gasteiger partial charge >= 0.3 is 0 Å². The minimum atomic E-state index is -0.250. The molecule has 2 rings (SSSR count). The Bertz CT molecular complexity index is 430. The van der Waals surface area contributed by atoms with Crippen molar-refractivity contribution in [1.29, 1.82) is 0 Å². The highest BCUT2D eigenvalue weighted by atomic mass is 16.3. The Hall–Kier alpha value is -1.56. The molecule has 1 heterocycles. The summed E-state index contributed by atoms with van der Waals surface area (Å²) in [4.78, 5) is 11.9. The Balaban J connectivity index is 1.90. The number of nitrogens with two attached hydrogens (primary N) is 1. The number of aromatic amines is 1. The van der Waals surface area contributed by atoms with Crippen molar-refractivity contribution in [1.82, 2.24) is 15.5 Å². The maximum absolute atomic E-state index is 11.9. The molecule has 18 heavy (non-hydrogen) atoms. The van der Waals surface area contributed by atoms with Gasteiger partial charge in [0.15, 0.2) is 5.69 Å². The number of nitrogens with one attached hydrogen (secondary N) is 2.